The number of carbonyl (C=O) groups is 1. The van der Waals surface area contributed by atoms with Crippen LogP contribution in [0.5, 0.6) is 0 Å². The van der Waals surface area contributed by atoms with E-state index in [0.717, 1.165) is 29.8 Å². The van der Waals surface area contributed by atoms with Gasteiger partial charge in [-0.1, -0.05) is 12.1 Å². The van der Waals surface area contributed by atoms with Crippen LogP contribution in [0.1, 0.15) is 17.5 Å². The second-order valence-corrected chi connectivity index (χ2v) is 8.08. The van der Waals surface area contributed by atoms with Gasteiger partial charge in [-0.05, 0) is 54.6 Å². The number of fused-ring (bicyclic) bond motifs is 1. The van der Waals surface area contributed by atoms with Gasteiger partial charge >= 0.3 is 12.1 Å². The molecule has 0 saturated heterocycles. The SMILES string of the molecule is CN(CCC(=O)O)Cc1ccc2oc(-c3ccc(-c4ccc(F)cc4F)c(C(F)(F)F)c3)nc2c1. The summed E-state index contributed by atoms with van der Waals surface area (Å²) >= 11 is 0. The van der Waals surface area contributed by atoms with Gasteiger partial charge in [0.15, 0.2) is 5.58 Å². The molecule has 0 amide bonds. The lowest BCUT2D eigenvalue weighted by Gasteiger charge is -2.15. The molecule has 1 aromatic heterocycles. The summed E-state index contributed by atoms with van der Waals surface area (Å²) in [6.07, 6.45) is -4.82. The van der Waals surface area contributed by atoms with E-state index in [4.69, 9.17) is 9.52 Å². The lowest BCUT2D eigenvalue weighted by atomic mass is 9.96. The van der Waals surface area contributed by atoms with E-state index in [0.29, 0.717) is 30.3 Å². The van der Waals surface area contributed by atoms with Crippen molar-refractivity contribution in [3.8, 4) is 22.6 Å². The highest BCUT2D eigenvalue weighted by molar-refractivity contribution is 5.78. The maximum atomic E-state index is 14.2. The molecule has 0 atom stereocenters. The Morgan fingerprint density at radius 1 is 1.03 bits per heavy atom. The van der Waals surface area contributed by atoms with Crippen LogP contribution in [0.25, 0.3) is 33.7 Å². The van der Waals surface area contributed by atoms with Gasteiger partial charge in [0.1, 0.15) is 17.2 Å². The number of oxazole rings is 1. The van der Waals surface area contributed by atoms with E-state index in [9.17, 15) is 26.7 Å². The van der Waals surface area contributed by atoms with Crippen molar-refractivity contribution in [2.75, 3.05) is 13.6 Å². The van der Waals surface area contributed by atoms with Crippen LogP contribution in [0, 0.1) is 11.6 Å². The first-order valence-electron chi connectivity index (χ1n) is 10.5. The number of rotatable bonds is 7. The second kappa shape index (κ2) is 9.46. The van der Waals surface area contributed by atoms with Crippen molar-refractivity contribution in [2.45, 2.75) is 19.1 Å². The second-order valence-electron chi connectivity index (χ2n) is 8.08. The Morgan fingerprint density at radius 3 is 2.46 bits per heavy atom. The fraction of sp³-hybridized carbons (Fsp3) is 0.200. The van der Waals surface area contributed by atoms with E-state index >= 15 is 0 Å². The number of carboxylic acids is 1. The number of aromatic nitrogens is 1. The summed E-state index contributed by atoms with van der Waals surface area (Å²) < 4.78 is 74.6. The molecule has 0 spiro atoms. The topological polar surface area (TPSA) is 66.6 Å². The van der Waals surface area contributed by atoms with Gasteiger partial charge in [-0.15, -0.1) is 0 Å². The summed E-state index contributed by atoms with van der Waals surface area (Å²) in [5, 5.41) is 8.80. The van der Waals surface area contributed by atoms with E-state index in [1.54, 1.807) is 25.2 Å². The molecule has 3 aromatic carbocycles. The molecule has 0 aliphatic carbocycles. The van der Waals surface area contributed by atoms with E-state index in [-0.39, 0.29) is 23.4 Å². The van der Waals surface area contributed by atoms with E-state index in [1.807, 2.05) is 4.90 Å². The first-order chi connectivity index (χ1) is 16.5. The Hall–Kier alpha value is -3.79. The number of halogens is 5. The van der Waals surface area contributed by atoms with Crippen LogP contribution in [0.2, 0.25) is 0 Å². The highest BCUT2D eigenvalue weighted by Crippen LogP contribution is 2.40. The van der Waals surface area contributed by atoms with Gasteiger partial charge in [-0.3, -0.25) is 4.79 Å². The Morgan fingerprint density at radius 2 is 1.77 bits per heavy atom. The summed E-state index contributed by atoms with van der Waals surface area (Å²) in [5.74, 6) is -2.95. The monoisotopic (exact) mass is 490 g/mol. The van der Waals surface area contributed by atoms with Crippen molar-refractivity contribution in [2.24, 2.45) is 0 Å². The number of alkyl halides is 3. The molecule has 4 aromatic rings. The zero-order valence-electron chi connectivity index (χ0n) is 18.4. The average molecular weight is 490 g/mol. The van der Waals surface area contributed by atoms with Crippen molar-refractivity contribution < 1.29 is 36.3 Å². The summed E-state index contributed by atoms with van der Waals surface area (Å²) in [6.45, 7) is 0.792. The van der Waals surface area contributed by atoms with Gasteiger partial charge in [-0.2, -0.15) is 13.2 Å². The molecule has 0 aliphatic rings. The van der Waals surface area contributed by atoms with Crippen LogP contribution in [-0.4, -0.2) is 34.6 Å². The third kappa shape index (κ3) is 5.48. The van der Waals surface area contributed by atoms with Gasteiger partial charge in [0.2, 0.25) is 5.89 Å². The van der Waals surface area contributed by atoms with Gasteiger partial charge in [0.05, 0.1) is 12.0 Å². The van der Waals surface area contributed by atoms with Crippen LogP contribution in [0.3, 0.4) is 0 Å². The van der Waals surface area contributed by atoms with Crippen molar-refractivity contribution in [1.82, 2.24) is 9.88 Å². The van der Waals surface area contributed by atoms with Crippen LogP contribution in [-0.2, 0) is 17.5 Å². The lowest BCUT2D eigenvalue weighted by Crippen LogP contribution is -2.21. The molecule has 10 heteroatoms. The molecule has 0 radical (unpaired) electrons. The van der Waals surface area contributed by atoms with Crippen LogP contribution < -0.4 is 0 Å². The lowest BCUT2D eigenvalue weighted by molar-refractivity contribution is -0.138. The number of nitrogens with zero attached hydrogens (tertiary/aromatic N) is 2. The molecule has 5 nitrogen and oxygen atoms in total. The summed E-state index contributed by atoms with van der Waals surface area (Å²) in [5.41, 5.74) is -0.265. The molecule has 0 unspecified atom stereocenters. The van der Waals surface area contributed by atoms with Crippen LogP contribution >= 0.6 is 0 Å². The molecule has 0 aliphatic heterocycles. The quantitative estimate of drug-likeness (QED) is 0.305. The maximum Gasteiger partial charge on any atom is 0.417 e. The highest BCUT2D eigenvalue weighted by atomic mass is 19.4. The van der Waals surface area contributed by atoms with Crippen molar-refractivity contribution in [3.05, 3.63) is 77.4 Å². The van der Waals surface area contributed by atoms with Crippen molar-refractivity contribution in [3.63, 3.8) is 0 Å². The predicted octanol–water partition coefficient (Wildman–Crippen LogP) is 6.37. The largest absolute Gasteiger partial charge is 0.481 e. The third-order valence-corrected chi connectivity index (χ3v) is 5.41. The summed E-state index contributed by atoms with van der Waals surface area (Å²) in [6, 6.07) is 10.8. The first-order valence-corrected chi connectivity index (χ1v) is 10.5. The van der Waals surface area contributed by atoms with E-state index in [2.05, 4.69) is 4.98 Å². The molecule has 4 rings (SSSR count). The molecule has 1 heterocycles. The molecule has 0 saturated carbocycles. The third-order valence-electron chi connectivity index (χ3n) is 5.41. The number of benzene rings is 3. The number of carboxylic acid groups (broad SMARTS) is 1. The Labute approximate surface area is 196 Å². The van der Waals surface area contributed by atoms with Gasteiger partial charge in [-0.25, -0.2) is 13.8 Å². The molecule has 1 N–H and O–H groups in total. The van der Waals surface area contributed by atoms with Crippen molar-refractivity contribution in [1.29, 1.82) is 0 Å². The number of hydrogen-bond acceptors (Lipinski definition) is 4. The van der Waals surface area contributed by atoms with E-state index in [1.165, 1.54) is 6.07 Å². The fourth-order valence-electron chi connectivity index (χ4n) is 3.73. The Kier molecular flexibility index (Phi) is 6.58. The van der Waals surface area contributed by atoms with Crippen LogP contribution in [0.15, 0.2) is 59.0 Å². The Balaban J connectivity index is 1.68. The smallest absolute Gasteiger partial charge is 0.417 e. The number of hydrogen-bond donors (Lipinski definition) is 1. The molecular weight excluding hydrogens is 471 g/mol. The average Bonchev–Trinajstić information content (AvgIpc) is 3.20. The van der Waals surface area contributed by atoms with Gasteiger partial charge < -0.3 is 14.4 Å². The summed E-state index contributed by atoms with van der Waals surface area (Å²) in [4.78, 5) is 16.9. The predicted molar refractivity (Wildman–Crippen MR) is 118 cm³/mol. The Bertz CT molecular complexity index is 1400. The molecule has 35 heavy (non-hydrogen) atoms. The van der Waals surface area contributed by atoms with Gasteiger partial charge in [0, 0.05) is 30.3 Å². The standard InChI is InChI=1S/C25H19F5N2O3/c1-32(9-8-23(33)34)13-14-2-7-22-21(10-14)31-24(35-22)15-3-5-17(19(11-15)25(28,29)30)18-6-4-16(26)12-20(18)27/h2-7,10-12H,8-9,13H2,1H3,(H,33,34). The van der Waals surface area contributed by atoms with E-state index < -0.39 is 34.9 Å². The zero-order valence-corrected chi connectivity index (χ0v) is 18.4. The minimum Gasteiger partial charge on any atom is -0.481 e. The molecule has 0 bridgehead atoms. The molecular formula is C25H19F5N2O3. The molecule has 0 fully saturated rings. The first kappa shape index (κ1) is 24.3. The minimum atomic E-state index is -4.81. The van der Waals surface area contributed by atoms with Crippen LogP contribution in [0.4, 0.5) is 22.0 Å². The summed E-state index contributed by atoms with van der Waals surface area (Å²) in [7, 11) is 1.77. The highest BCUT2D eigenvalue weighted by Gasteiger charge is 2.35. The minimum absolute atomic E-state index is 0.00773. The maximum absolute atomic E-state index is 14.2. The normalized spacial score (nSPS) is 12.0. The zero-order chi connectivity index (χ0) is 25.3. The van der Waals surface area contributed by atoms with Gasteiger partial charge in [0.25, 0.3) is 0 Å². The van der Waals surface area contributed by atoms with Crippen molar-refractivity contribution >= 4 is 17.1 Å². The molecule has 182 valence electrons. The fourth-order valence-corrected chi connectivity index (χ4v) is 3.73. The number of aliphatic carboxylic acids is 1.